The molecule has 0 saturated carbocycles. The van der Waals surface area contributed by atoms with Gasteiger partial charge in [0.05, 0.1) is 12.1 Å². The minimum Gasteiger partial charge on any atom is -0.495 e. The van der Waals surface area contributed by atoms with Gasteiger partial charge in [0.15, 0.2) is 5.11 Å². The Hall–Kier alpha value is -1.78. The van der Waals surface area contributed by atoms with Gasteiger partial charge in [0.1, 0.15) is 5.75 Å². The maximum Gasteiger partial charge on any atom is 0.175 e. The molecule has 0 atom stereocenters. The lowest BCUT2D eigenvalue weighted by Crippen LogP contribution is -2.19. The van der Waals surface area contributed by atoms with Gasteiger partial charge in [-0.25, -0.2) is 0 Å². The van der Waals surface area contributed by atoms with Gasteiger partial charge in [-0.05, 0) is 61.5 Å². The second-order valence-corrected chi connectivity index (χ2v) is 5.56. The molecule has 110 valence electrons. The van der Waals surface area contributed by atoms with Crippen molar-refractivity contribution in [3.8, 4) is 5.75 Å². The Labute approximate surface area is 135 Å². The van der Waals surface area contributed by atoms with Gasteiger partial charge in [0.25, 0.3) is 0 Å². The summed E-state index contributed by atoms with van der Waals surface area (Å²) in [5.74, 6) is 0.635. The Morgan fingerprint density at radius 2 is 1.86 bits per heavy atom. The Bertz CT molecular complexity index is 673. The highest BCUT2D eigenvalue weighted by Crippen LogP contribution is 2.27. The van der Waals surface area contributed by atoms with Crippen molar-refractivity contribution in [1.82, 2.24) is 0 Å². The minimum atomic E-state index is 0.518. The normalized spacial score (nSPS) is 10.1. The molecule has 2 N–H and O–H groups in total. The molecule has 0 saturated heterocycles. The molecule has 0 aliphatic heterocycles. The molecular weight excluding hydrogens is 304 g/mol. The highest BCUT2D eigenvalue weighted by atomic mass is 35.5. The second-order valence-electron chi connectivity index (χ2n) is 4.75. The maximum absolute atomic E-state index is 6.09. The second kappa shape index (κ2) is 6.78. The number of thiocarbonyl (C=S) groups is 1. The predicted octanol–water partition coefficient (Wildman–Crippen LogP) is 4.77. The molecule has 5 heteroatoms. The molecule has 0 spiro atoms. The lowest BCUT2D eigenvalue weighted by Gasteiger charge is -2.14. The summed E-state index contributed by atoms with van der Waals surface area (Å²) < 4.78 is 5.12. The van der Waals surface area contributed by atoms with Crippen LogP contribution in [0.25, 0.3) is 0 Å². The molecule has 3 nitrogen and oxygen atoms in total. The number of methoxy groups -OCH3 is 1. The highest BCUT2D eigenvalue weighted by molar-refractivity contribution is 7.80. The Balaban J connectivity index is 2.08. The molecule has 0 aromatic heterocycles. The standard InChI is InChI=1S/C16H17ClN2OS/c1-10-4-5-11(2)14(8-10)19-16(21)18-12-6-7-15(20-3)13(17)9-12/h4-9H,1-3H3,(H2,18,19,21). The third-order valence-corrected chi connectivity index (χ3v) is 3.55. The third-order valence-electron chi connectivity index (χ3n) is 3.05. The Morgan fingerprint density at radius 1 is 1.10 bits per heavy atom. The summed E-state index contributed by atoms with van der Waals surface area (Å²) in [5, 5.41) is 7.36. The zero-order chi connectivity index (χ0) is 15.4. The number of hydrogen-bond acceptors (Lipinski definition) is 2. The Kier molecular flexibility index (Phi) is 5.04. The summed E-state index contributed by atoms with van der Waals surface area (Å²) in [4.78, 5) is 0. The zero-order valence-electron chi connectivity index (χ0n) is 12.2. The van der Waals surface area contributed by atoms with Gasteiger partial charge < -0.3 is 15.4 Å². The van der Waals surface area contributed by atoms with Gasteiger partial charge in [-0.3, -0.25) is 0 Å². The van der Waals surface area contributed by atoms with Gasteiger partial charge in [-0.1, -0.05) is 23.7 Å². The number of nitrogens with one attached hydrogen (secondary N) is 2. The van der Waals surface area contributed by atoms with Crippen LogP contribution in [0, 0.1) is 13.8 Å². The van der Waals surface area contributed by atoms with Crippen LogP contribution in [-0.4, -0.2) is 12.2 Å². The fourth-order valence-corrected chi connectivity index (χ4v) is 2.38. The summed E-state index contributed by atoms with van der Waals surface area (Å²) in [6, 6.07) is 11.6. The molecule has 21 heavy (non-hydrogen) atoms. The van der Waals surface area contributed by atoms with Gasteiger partial charge in [0.2, 0.25) is 0 Å². The molecule has 0 amide bonds. The largest absolute Gasteiger partial charge is 0.495 e. The molecule has 0 heterocycles. The van der Waals surface area contributed by atoms with Crippen LogP contribution >= 0.6 is 23.8 Å². The van der Waals surface area contributed by atoms with Crippen molar-refractivity contribution in [3.05, 3.63) is 52.5 Å². The van der Waals surface area contributed by atoms with Crippen LogP contribution in [0.5, 0.6) is 5.75 Å². The van der Waals surface area contributed by atoms with Crippen LogP contribution < -0.4 is 15.4 Å². The molecular formula is C16H17ClN2OS. The lowest BCUT2D eigenvalue weighted by molar-refractivity contribution is 0.415. The zero-order valence-corrected chi connectivity index (χ0v) is 13.7. The van der Waals surface area contributed by atoms with Crippen molar-refractivity contribution in [2.24, 2.45) is 0 Å². The average Bonchev–Trinajstić information content (AvgIpc) is 2.43. The molecule has 0 aliphatic carbocycles. The summed E-state index contributed by atoms with van der Waals surface area (Å²) in [6.45, 7) is 4.08. The monoisotopic (exact) mass is 320 g/mol. The number of benzene rings is 2. The molecule has 0 bridgehead atoms. The highest BCUT2D eigenvalue weighted by Gasteiger charge is 2.05. The van der Waals surface area contributed by atoms with E-state index in [4.69, 9.17) is 28.6 Å². The van der Waals surface area contributed by atoms with Crippen LogP contribution in [0.2, 0.25) is 5.02 Å². The molecule has 2 aromatic carbocycles. The fourth-order valence-electron chi connectivity index (χ4n) is 1.90. The molecule has 2 aromatic rings. The van der Waals surface area contributed by atoms with Crippen LogP contribution in [0.4, 0.5) is 11.4 Å². The van der Waals surface area contributed by atoms with E-state index in [0.29, 0.717) is 15.9 Å². The minimum absolute atomic E-state index is 0.518. The SMILES string of the molecule is COc1ccc(NC(=S)Nc2cc(C)ccc2C)cc1Cl. The number of rotatable bonds is 3. The van der Waals surface area contributed by atoms with Crippen LogP contribution in [-0.2, 0) is 0 Å². The smallest absolute Gasteiger partial charge is 0.175 e. The molecule has 0 aliphatic rings. The number of ether oxygens (including phenoxy) is 1. The van der Waals surface area contributed by atoms with E-state index in [1.165, 1.54) is 5.56 Å². The van der Waals surface area contributed by atoms with Gasteiger partial charge >= 0.3 is 0 Å². The van der Waals surface area contributed by atoms with Crippen molar-refractivity contribution in [3.63, 3.8) is 0 Å². The van der Waals surface area contributed by atoms with Crippen LogP contribution in [0.1, 0.15) is 11.1 Å². The van der Waals surface area contributed by atoms with E-state index in [-0.39, 0.29) is 0 Å². The number of halogens is 1. The van der Waals surface area contributed by atoms with E-state index in [1.54, 1.807) is 19.2 Å². The Morgan fingerprint density at radius 3 is 2.52 bits per heavy atom. The molecule has 0 fully saturated rings. The molecule has 0 unspecified atom stereocenters. The quantitative estimate of drug-likeness (QED) is 0.798. The van der Waals surface area contributed by atoms with E-state index in [9.17, 15) is 0 Å². The summed E-state index contributed by atoms with van der Waals surface area (Å²) in [7, 11) is 1.58. The molecule has 2 rings (SSSR count). The third kappa shape index (κ3) is 4.09. The first-order valence-corrected chi connectivity index (χ1v) is 7.27. The predicted molar refractivity (Wildman–Crippen MR) is 93.8 cm³/mol. The van der Waals surface area contributed by atoms with E-state index < -0.39 is 0 Å². The van der Waals surface area contributed by atoms with Crippen LogP contribution in [0.3, 0.4) is 0 Å². The lowest BCUT2D eigenvalue weighted by atomic mass is 10.1. The van der Waals surface area contributed by atoms with Crippen molar-refractivity contribution >= 4 is 40.3 Å². The van der Waals surface area contributed by atoms with E-state index in [2.05, 4.69) is 28.8 Å². The topological polar surface area (TPSA) is 33.3 Å². The first kappa shape index (κ1) is 15.6. The van der Waals surface area contributed by atoms with Crippen molar-refractivity contribution in [2.45, 2.75) is 13.8 Å². The van der Waals surface area contributed by atoms with Gasteiger partial charge in [-0.2, -0.15) is 0 Å². The van der Waals surface area contributed by atoms with E-state index in [1.807, 2.05) is 19.9 Å². The van der Waals surface area contributed by atoms with Gasteiger partial charge in [-0.15, -0.1) is 0 Å². The number of anilines is 2. The summed E-state index contributed by atoms with van der Waals surface area (Å²) in [5.41, 5.74) is 4.12. The average molecular weight is 321 g/mol. The van der Waals surface area contributed by atoms with Crippen molar-refractivity contribution in [2.75, 3.05) is 17.7 Å². The molecule has 0 radical (unpaired) electrons. The summed E-state index contributed by atoms with van der Waals surface area (Å²) in [6.07, 6.45) is 0. The van der Waals surface area contributed by atoms with Crippen molar-refractivity contribution in [1.29, 1.82) is 0 Å². The van der Waals surface area contributed by atoms with Crippen LogP contribution in [0.15, 0.2) is 36.4 Å². The van der Waals surface area contributed by atoms with Crippen molar-refractivity contribution < 1.29 is 4.74 Å². The maximum atomic E-state index is 6.09. The first-order valence-electron chi connectivity index (χ1n) is 6.48. The van der Waals surface area contributed by atoms with Gasteiger partial charge in [0, 0.05) is 11.4 Å². The number of aryl methyl sites for hydroxylation is 2. The summed E-state index contributed by atoms with van der Waals surface area (Å²) >= 11 is 11.4. The first-order chi connectivity index (χ1) is 9.99. The van der Waals surface area contributed by atoms with E-state index >= 15 is 0 Å². The fraction of sp³-hybridized carbons (Fsp3) is 0.188. The number of hydrogen-bond donors (Lipinski definition) is 2. The van der Waals surface area contributed by atoms with E-state index in [0.717, 1.165) is 16.9 Å².